The van der Waals surface area contributed by atoms with Crippen LogP contribution >= 0.6 is 15.9 Å². The predicted molar refractivity (Wildman–Crippen MR) is 68.5 cm³/mol. The molecule has 2 N–H and O–H groups in total. The Kier molecular flexibility index (Phi) is 4.53. The summed E-state index contributed by atoms with van der Waals surface area (Å²) >= 11 is 3.30. The molecule has 0 bridgehead atoms. The van der Waals surface area contributed by atoms with Crippen LogP contribution in [0, 0.1) is 0 Å². The van der Waals surface area contributed by atoms with Crippen molar-refractivity contribution in [3.05, 3.63) is 29.8 Å². The number of sulfonamides is 1. The third-order valence-corrected chi connectivity index (χ3v) is 4.44. The van der Waals surface area contributed by atoms with Gasteiger partial charge in [-0.1, -0.05) is 28.1 Å². The molecule has 94 valence electrons. The van der Waals surface area contributed by atoms with E-state index in [2.05, 4.69) is 15.9 Å². The van der Waals surface area contributed by atoms with E-state index in [1.54, 1.807) is 12.1 Å². The molecule has 7 heteroatoms. The number of nitrogens with two attached hydrogens (primary N) is 1. The molecule has 1 rings (SSSR count). The zero-order valence-electron chi connectivity index (χ0n) is 9.26. The minimum atomic E-state index is -3.82. The van der Waals surface area contributed by atoms with Crippen molar-refractivity contribution in [3.63, 3.8) is 0 Å². The first-order valence-corrected chi connectivity index (χ1v) is 7.39. The third kappa shape index (κ3) is 3.19. The molecule has 0 spiro atoms. The lowest BCUT2D eigenvalue weighted by Crippen LogP contribution is -2.37. The van der Waals surface area contributed by atoms with Crippen LogP contribution in [-0.4, -0.2) is 31.1 Å². The molecule has 1 aromatic carbocycles. The van der Waals surface area contributed by atoms with Gasteiger partial charge in [-0.05, 0) is 24.1 Å². The summed E-state index contributed by atoms with van der Waals surface area (Å²) in [5.41, 5.74) is 5.95. The summed E-state index contributed by atoms with van der Waals surface area (Å²) in [5.74, 6) is 0. The van der Waals surface area contributed by atoms with Gasteiger partial charge in [0.25, 0.3) is 10.0 Å². The fourth-order valence-corrected chi connectivity index (χ4v) is 2.70. The zero-order chi connectivity index (χ0) is 13.1. The largest absolute Gasteiger partial charge is 0.351 e. The number of hydrogen-bond donors (Lipinski definition) is 1. The molecule has 0 heterocycles. The van der Waals surface area contributed by atoms with E-state index in [4.69, 9.17) is 5.73 Å². The van der Waals surface area contributed by atoms with Gasteiger partial charge in [-0.3, -0.25) is 0 Å². The summed E-state index contributed by atoms with van der Waals surface area (Å²) < 4.78 is 24.2. The molecule has 2 amide bonds. The van der Waals surface area contributed by atoms with Crippen LogP contribution in [0.15, 0.2) is 29.2 Å². The highest BCUT2D eigenvalue weighted by atomic mass is 79.9. The maximum Gasteiger partial charge on any atom is 0.328 e. The van der Waals surface area contributed by atoms with Crippen LogP contribution in [-0.2, 0) is 16.4 Å². The predicted octanol–water partition coefficient (Wildman–Crippen LogP) is 1.32. The molecule has 0 atom stereocenters. The molecule has 0 fully saturated rings. The van der Waals surface area contributed by atoms with Crippen LogP contribution in [0.4, 0.5) is 4.79 Å². The number of nitrogens with zero attached hydrogens (tertiary/aromatic N) is 1. The van der Waals surface area contributed by atoms with E-state index in [1.807, 2.05) is 0 Å². The highest BCUT2D eigenvalue weighted by Crippen LogP contribution is 2.15. The molecular formula is C10H13BrN2O3S. The second kappa shape index (κ2) is 5.50. The van der Waals surface area contributed by atoms with E-state index in [9.17, 15) is 13.2 Å². The number of carbonyl (C=O) groups excluding carboxylic acids is 1. The lowest BCUT2D eigenvalue weighted by atomic mass is 10.2. The molecule has 0 unspecified atom stereocenters. The van der Waals surface area contributed by atoms with Gasteiger partial charge >= 0.3 is 6.03 Å². The van der Waals surface area contributed by atoms with E-state index in [1.165, 1.54) is 12.1 Å². The summed E-state index contributed by atoms with van der Waals surface area (Å²) in [6, 6.07) is 5.35. The van der Waals surface area contributed by atoms with Gasteiger partial charge in [0, 0.05) is 12.4 Å². The molecule has 0 saturated carbocycles. The molecule has 5 nitrogen and oxygen atoms in total. The number of carbonyl (C=O) groups is 1. The quantitative estimate of drug-likeness (QED) is 0.850. The van der Waals surface area contributed by atoms with Crippen LogP contribution in [0.5, 0.6) is 0 Å². The average Bonchev–Trinajstić information content (AvgIpc) is 2.29. The summed E-state index contributed by atoms with van der Waals surface area (Å²) in [5, 5.41) is 0.806. The Bertz CT molecular complexity index is 499. The normalized spacial score (nSPS) is 11.2. The zero-order valence-corrected chi connectivity index (χ0v) is 11.7. The molecule has 0 aromatic heterocycles. The Balaban J connectivity index is 3.04. The molecule has 1 aromatic rings. The summed E-state index contributed by atoms with van der Waals surface area (Å²) in [6.07, 6.45) is 0.811. The number of primary amides is 1. The molecular weight excluding hydrogens is 308 g/mol. The van der Waals surface area contributed by atoms with Crippen molar-refractivity contribution in [1.29, 1.82) is 0 Å². The topological polar surface area (TPSA) is 80.5 Å². The van der Waals surface area contributed by atoms with Gasteiger partial charge in [0.15, 0.2) is 0 Å². The van der Waals surface area contributed by atoms with Crippen molar-refractivity contribution in [2.24, 2.45) is 5.73 Å². The summed E-state index contributed by atoms with van der Waals surface area (Å²) in [6.45, 7) is 0. The average molecular weight is 321 g/mol. The van der Waals surface area contributed by atoms with Crippen LogP contribution in [0.25, 0.3) is 0 Å². The Hall–Kier alpha value is -1.08. The van der Waals surface area contributed by atoms with Gasteiger partial charge in [-0.2, -0.15) is 0 Å². The van der Waals surface area contributed by atoms with Crippen molar-refractivity contribution >= 4 is 32.0 Å². The number of hydrogen-bond acceptors (Lipinski definition) is 3. The van der Waals surface area contributed by atoms with E-state index in [0.29, 0.717) is 4.31 Å². The smallest absolute Gasteiger partial charge is 0.328 e. The number of urea groups is 1. The van der Waals surface area contributed by atoms with Crippen LogP contribution < -0.4 is 5.73 Å². The summed E-state index contributed by atoms with van der Waals surface area (Å²) in [7, 11) is -2.69. The molecule has 0 aliphatic heterocycles. The number of amides is 2. The number of halogens is 1. The molecule has 0 saturated heterocycles. The van der Waals surface area contributed by atoms with Crippen molar-refractivity contribution in [2.75, 3.05) is 12.4 Å². The van der Waals surface area contributed by atoms with Crippen molar-refractivity contribution < 1.29 is 13.2 Å². The highest BCUT2D eigenvalue weighted by Gasteiger charge is 2.23. The van der Waals surface area contributed by atoms with Crippen molar-refractivity contribution in [2.45, 2.75) is 11.3 Å². The van der Waals surface area contributed by atoms with E-state index < -0.39 is 16.1 Å². The minimum absolute atomic E-state index is 0.0529. The van der Waals surface area contributed by atoms with Crippen molar-refractivity contribution in [3.8, 4) is 0 Å². The fourth-order valence-electron chi connectivity index (χ4n) is 1.21. The van der Waals surface area contributed by atoms with E-state index >= 15 is 0 Å². The Morgan fingerprint density at radius 1 is 1.35 bits per heavy atom. The third-order valence-electron chi connectivity index (χ3n) is 2.28. The lowest BCUT2D eigenvalue weighted by Gasteiger charge is -2.14. The van der Waals surface area contributed by atoms with Crippen molar-refractivity contribution in [1.82, 2.24) is 4.31 Å². The first-order chi connectivity index (χ1) is 7.89. The fraction of sp³-hybridized carbons (Fsp3) is 0.300. The Labute approximate surface area is 109 Å². The van der Waals surface area contributed by atoms with Gasteiger partial charge in [0.05, 0.1) is 4.90 Å². The molecule has 0 aliphatic carbocycles. The first kappa shape index (κ1) is 14.0. The van der Waals surface area contributed by atoms with Gasteiger partial charge in [-0.25, -0.2) is 17.5 Å². The SMILES string of the molecule is CN(C(N)=O)S(=O)(=O)c1ccc(CCBr)cc1. The maximum absolute atomic E-state index is 11.9. The first-order valence-electron chi connectivity index (χ1n) is 4.83. The highest BCUT2D eigenvalue weighted by molar-refractivity contribution is 9.09. The number of rotatable bonds is 4. The Morgan fingerprint density at radius 2 is 1.88 bits per heavy atom. The maximum atomic E-state index is 11.9. The second-order valence-corrected chi connectivity index (χ2v) is 6.16. The second-order valence-electron chi connectivity index (χ2n) is 3.39. The monoisotopic (exact) mass is 320 g/mol. The molecule has 0 aliphatic rings. The van der Waals surface area contributed by atoms with Crippen LogP contribution in [0.2, 0.25) is 0 Å². The van der Waals surface area contributed by atoms with Crippen LogP contribution in [0.1, 0.15) is 5.56 Å². The minimum Gasteiger partial charge on any atom is -0.351 e. The van der Waals surface area contributed by atoms with Gasteiger partial charge in [0.1, 0.15) is 0 Å². The summed E-state index contributed by atoms with van der Waals surface area (Å²) in [4.78, 5) is 10.9. The number of alkyl halides is 1. The van der Waals surface area contributed by atoms with Gasteiger partial charge in [0.2, 0.25) is 0 Å². The van der Waals surface area contributed by atoms with E-state index in [-0.39, 0.29) is 4.90 Å². The number of aryl methyl sites for hydroxylation is 1. The van der Waals surface area contributed by atoms with E-state index in [0.717, 1.165) is 24.4 Å². The van der Waals surface area contributed by atoms with Crippen LogP contribution in [0.3, 0.4) is 0 Å². The number of benzene rings is 1. The van der Waals surface area contributed by atoms with Gasteiger partial charge in [-0.15, -0.1) is 0 Å². The standard InChI is InChI=1S/C10H13BrN2O3S/c1-13(10(12)14)17(15,16)9-4-2-8(3-5-9)6-7-11/h2-5H,6-7H2,1H3,(H2,12,14). The molecule has 0 radical (unpaired) electrons. The molecule has 17 heavy (non-hydrogen) atoms. The Morgan fingerprint density at radius 3 is 2.29 bits per heavy atom. The lowest BCUT2D eigenvalue weighted by molar-refractivity contribution is 0.237. The van der Waals surface area contributed by atoms with Gasteiger partial charge < -0.3 is 5.73 Å².